The third kappa shape index (κ3) is 1.76. The maximum atomic E-state index is 11.3. The smallest absolute Gasteiger partial charge is 0.185 e. The zero-order chi connectivity index (χ0) is 9.14. The lowest BCUT2D eigenvalue weighted by Gasteiger charge is -2.01. The van der Waals surface area contributed by atoms with Crippen LogP contribution in [0.3, 0.4) is 0 Å². The highest BCUT2D eigenvalue weighted by molar-refractivity contribution is 7.07. The Labute approximate surface area is 75.0 Å². The summed E-state index contributed by atoms with van der Waals surface area (Å²) in [5.41, 5.74) is 2.13. The van der Waals surface area contributed by atoms with E-state index in [1.807, 2.05) is 0 Å². The molecule has 4 heteroatoms. The van der Waals surface area contributed by atoms with Gasteiger partial charge in [0.05, 0.1) is 5.51 Å². The number of ketones is 1. The van der Waals surface area contributed by atoms with Gasteiger partial charge in [0.25, 0.3) is 0 Å². The molecule has 0 saturated carbocycles. The van der Waals surface area contributed by atoms with Crippen LogP contribution < -0.4 is 0 Å². The number of nitrogens with one attached hydrogen (secondary N) is 1. The van der Waals surface area contributed by atoms with Crippen LogP contribution in [0.15, 0.2) is 10.9 Å². The molecule has 1 aromatic rings. The standard InChI is InChI=1S/C8H10N2OS/c1-5(2)8(11)7(9)6-3-12-4-10-6/h3-5,9H,1-2H3. The van der Waals surface area contributed by atoms with Crippen LogP contribution in [0.25, 0.3) is 0 Å². The van der Waals surface area contributed by atoms with Crippen molar-refractivity contribution in [2.45, 2.75) is 13.8 Å². The molecule has 1 N–H and O–H groups in total. The van der Waals surface area contributed by atoms with Crippen LogP contribution in [0.2, 0.25) is 0 Å². The van der Waals surface area contributed by atoms with Crippen molar-refractivity contribution < 1.29 is 4.79 Å². The normalized spacial score (nSPS) is 10.2. The van der Waals surface area contributed by atoms with E-state index in [2.05, 4.69) is 4.98 Å². The molecular weight excluding hydrogens is 172 g/mol. The Hall–Kier alpha value is -1.03. The molecule has 0 amide bonds. The first kappa shape index (κ1) is 9.06. The van der Waals surface area contributed by atoms with E-state index in [1.54, 1.807) is 24.7 Å². The van der Waals surface area contributed by atoms with E-state index in [-0.39, 0.29) is 17.4 Å². The van der Waals surface area contributed by atoms with Gasteiger partial charge in [-0.05, 0) is 0 Å². The zero-order valence-corrected chi connectivity index (χ0v) is 7.81. The largest absolute Gasteiger partial charge is 0.295 e. The van der Waals surface area contributed by atoms with Gasteiger partial charge in [-0.25, -0.2) is 4.98 Å². The number of hydrogen-bond acceptors (Lipinski definition) is 4. The van der Waals surface area contributed by atoms with Gasteiger partial charge in [-0.2, -0.15) is 0 Å². The monoisotopic (exact) mass is 182 g/mol. The van der Waals surface area contributed by atoms with Crippen molar-refractivity contribution in [3.05, 3.63) is 16.6 Å². The van der Waals surface area contributed by atoms with Crippen molar-refractivity contribution in [2.75, 3.05) is 0 Å². The van der Waals surface area contributed by atoms with Crippen LogP contribution >= 0.6 is 11.3 Å². The van der Waals surface area contributed by atoms with Crippen LogP contribution in [0.4, 0.5) is 0 Å². The van der Waals surface area contributed by atoms with Crippen molar-refractivity contribution in [1.29, 1.82) is 5.41 Å². The highest BCUT2D eigenvalue weighted by Crippen LogP contribution is 2.06. The number of nitrogens with zero attached hydrogens (tertiary/aromatic N) is 1. The predicted molar refractivity (Wildman–Crippen MR) is 48.8 cm³/mol. The number of Topliss-reactive ketones (excluding diaryl/α,β-unsaturated/α-hetero) is 1. The molecule has 0 aliphatic heterocycles. The van der Waals surface area contributed by atoms with Gasteiger partial charge < -0.3 is 0 Å². The molecule has 0 aliphatic carbocycles. The second kappa shape index (κ2) is 3.58. The number of carbonyl (C=O) groups excluding carboxylic acids is 1. The fourth-order valence-corrected chi connectivity index (χ4v) is 1.29. The molecule has 0 spiro atoms. The Bertz CT molecular complexity index is 290. The highest BCUT2D eigenvalue weighted by atomic mass is 32.1. The molecule has 64 valence electrons. The van der Waals surface area contributed by atoms with E-state index < -0.39 is 0 Å². The molecule has 12 heavy (non-hydrogen) atoms. The van der Waals surface area contributed by atoms with Gasteiger partial charge in [-0.15, -0.1) is 11.3 Å². The van der Waals surface area contributed by atoms with Gasteiger partial charge in [0, 0.05) is 11.3 Å². The Balaban J connectivity index is 2.80. The molecule has 0 unspecified atom stereocenters. The molecule has 1 aromatic heterocycles. The van der Waals surface area contributed by atoms with Crippen LogP contribution in [0.5, 0.6) is 0 Å². The molecule has 0 atom stereocenters. The fraction of sp³-hybridized carbons (Fsp3) is 0.375. The van der Waals surface area contributed by atoms with E-state index >= 15 is 0 Å². The van der Waals surface area contributed by atoms with Gasteiger partial charge in [-0.3, -0.25) is 10.2 Å². The SMILES string of the molecule is CC(C)C(=O)C(=N)c1cscn1. The number of hydrogen-bond donors (Lipinski definition) is 1. The first-order chi connectivity index (χ1) is 5.63. The van der Waals surface area contributed by atoms with Crippen molar-refractivity contribution in [1.82, 2.24) is 4.98 Å². The van der Waals surface area contributed by atoms with Crippen molar-refractivity contribution >= 4 is 22.8 Å². The van der Waals surface area contributed by atoms with E-state index in [1.165, 1.54) is 11.3 Å². The average molecular weight is 182 g/mol. The predicted octanol–water partition coefficient (Wildman–Crippen LogP) is 1.74. The molecule has 0 saturated heterocycles. The van der Waals surface area contributed by atoms with Gasteiger partial charge in [0.15, 0.2) is 5.78 Å². The first-order valence-corrected chi connectivity index (χ1v) is 4.58. The summed E-state index contributed by atoms with van der Waals surface area (Å²) in [6.07, 6.45) is 0. The molecule has 1 heterocycles. The quantitative estimate of drug-likeness (QED) is 0.724. The van der Waals surface area contributed by atoms with Crippen molar-refractivity contribution in [2.24, 2.45) is 5.92 Å². The summed E-state index contributed by atoms with van der Waals surface area (Å²) in [7, 11) is 0. The second-order valence-corrected chi connectivity index (χ2v) is 3.49. The number of rotatable bonds is 3. The third-order valence-electron chi connectivity index (χ3n) is 1.46. The lowest BCUT2D eigenvalue weighted by molar-refractivity contribution is -0.115. The summed E-state index contributed by atoms with van der Waals surface area (Å²) in [5.74, 6) is -0.278. The first-order valence-electron chi connectivity index (χ1n) is 3.64. The van der Waals surface area contributed by atoms with Crippen LogP contribution in [0, 0.1) is 11.3 Å². The maximum Gasteiger partial charge on any atom is 0.185 e. The minimum absolute atomic E-state index is 0.0197. The molecule has 0 aromatic carbocycles. The van der Waals surface area contributed by atoms with Crippen LogP contribution in [-0.4, -0.2) is 16.5 Å². The Morgan fingerprint density at radius 1 is 1.67 bits per heavy atom. The summed E-state index contributed by atoms with van der Waals surface area (Å²) in [6.45, 7) is 3.56. The van der Waals surface area contributed by atoms with Crippen LogP contribution in [0.1, 0.15) is 19.5 Å². The van der Waals surface area contributed by atoms with Gasteiger partial charge in [-0.1, -0.05) is 13.8 Å². The lowest BCUT2D eigenvalue weighted by Crippen LogP contribution is -2.19. The van der Waals surface area contributed by atoms with E-state index in [9.17, 15) is 4.79 Å². The van der Waals surface area contributed by atoms with Gasteiger partial charge in [0.2, 0.25) is 0 Å². The Kier molecular flexibility index (Phi) is 2.70. The number of carbonyl (C=O) groups is 1. The van der Waals surface area contributed by atoms with E-state index in [0.717, 1.165) is 0 Å². The summed E-state index contributed by atoms with van der Waals surface area (Å²) < 4.78 is 0. The topological polar surface area (TPSA) is 53.8 Å². The van der Waals surface area contributed by atoms with E-state index in [4.69, 9.17) is 5.41 Å². The molecule has 0 bridgehead atoms. The second-order valence-electron chi connectivity index (χ2n) is 2.77. The zero-order valence-electron chi connectivity index (χ0n) is 7.00. The molecule has 3 nitrogen and oxygen atoms in total. The van der Waals surface area contributed by atoms with Crippen LogP contribution in [-0.2, 0) is 4.79 Å². The minimum atomic E-state index is -0.152. The molecule has 0 radical (unpaired) electrons. The third-order valence-corrected chi connectivity index (χ3v) is 2.05. The number of thiazole rings is 1. The Morgan fingerprint density at radius 3 is 2.75 bits per heavy atom. The number of aromatic nitrogens is 1. The molecule has 0 fully saturated rings. The van der Waals surface area contributed by atoms with Crippen molar-refractivity contribution in [3.8, 4) is 0 Å². The summed E-state index contributed by atoms with van der Waals surface area (Å²) >= 11 is 1.39. The molecule has 0 aliphatic rings. The summed E-state index contributed by atoms with van der Waals surface area (Å²) in [6, 6.07) is 0. The highest BCUT2D eigenvalue weighted by Gasteiger charge is 2.16. The summed E-state index contributed by atoms with van der Waals surface area (Å²) in [5, 5.41) is 9.19. The van der Waals surface area contributed by atoms with Gasteiger partial charge >= 0.3 is 0 Å². The van der Waals surface area contributed by atoms with Gasteiger partial charge in [0.1, 0.15) is 11.4 Å². The lowest BCUT2D eigenvalue weighted by atomic mass is 10.0. The summed E-state index contributed by atoms with van der Waals surface area (Å²) in [4.78, 5) is 15.2. The fourth-order valence-electron chi connectivity index (χ4n) is 0.751. The van der Waals surface area contributed by atoms with Crippen molar-refractivity contribution in [3.63, 3.8) is 0 Å². The maximum absolute atomic E-state index is 11.3. The minimum Gasteiger partial charge on any atom is -0.295 e. The average Bonchev–Trinajstić information content (AvgIpc) is 2.53. The molecule has 1 rings (SSSR count). The van der Waals surface area contributed by atoms with E-state index in [0.29, 0.717) is 5.69 Å². The molecular formula is C8H10N2OS. The Morgan fingerprint density at radius 2 is 2.33 bits per heavy atom.